The fourth-order valence-electron chi connectivity index (χ4n) is 2.52. The zero-order chi connectivity index (χ0) is 17.0. The van der Waals surface area contributed by atoms with Crippen LogP contribution in [0.2, 0.25) is 0 Å². The summed E-state index contributed by atoms with van der Waals surface area (Å²) in [5.74, 6) is -1.50. The van der Waals surface area contributed by atoms with E-state index in [1.807, 2.05) is 0 Å². The molecular weight excluding hydrogens is 300 g/mol. The number of nitrogens with zero attached hydrogens (tertiary/aromatic N) is 2. The van der Waals surface area contributed by atoms with Crippen molar-refractivity contribution >= 4 is 29.2 Å². The summed E-state index contributed by atoms with van der Waals surface area (Å²) < 4.78 is 0. The Labute approximate surface area is 133 Å². The van der Waals surface area contributed by atoms with Crippen molar-refractivity contribution in [3.63, 3.8) is 0 Å². The monoisotopic (exact) mass is 318 g/mol. The molecule has 2 rings (SSSR count). The number of rotatable bonds is 6. The number of Topliss-reactive ketones (excluding diaryl/α,β-unsaturated/α-hetero) is 1. The van der Waals surface area contributed by atoms with E-state index in [1.165, 1.54) is 18.0 Å². The predicted octanol–water partition coefficient (Wildman–Crippen LogP) is 0.526. The number of ketones is 1. The molecule has 1 aliphatic heterocycles. The zero-order valence-corrected chi connectivity index (χ0v) is 12.7. The summed E-state index contributed by atoms with van der Waals surface area (Å²) in [6, 6.07) is 2.38. The van der Waals surface area contributed by atoms with Crippen LogP contribution in [0.5, 0.6) is 0 Å². The Morgan fingerprint density at radius 2 is 2.22 bits per heavy atom. The van der Waals surface area contributed by atoms with Gasteiger partial charge in [-0.2, -0.15) is 0 Å². The summed E-state index contributed by atoms with van der Waals surface area (Å²) in [6.45, 7) is 1.56. The Bertz CT molecular complexity index is 659. The number of carboxylic acids is 1. The van der Waals surface area contributed by atoms with E-state index in [4.69, 9.17) is 10.5 Å². The fraction of sp³-hybridized carbons (Fsp3) is 0.400. The highest BCUT2D eigenvalue weighted by atomic mass is 16.4. The number of carbonyl (C=O) groups excluding carboxylic acids is 2. The minimum Gasteiger partial charge on any atom is -0.480 e. The number of anilines is 1. The highest BCUT2D eigenvalue weighted by molar-refractivity contribution is 6.45. The number of aromatic nitrogens is 1. The van der Waals surface area contributed by atoms with Crippen molar-refractivity contribution in [3.05, 3.63) is 23.9 Å². The first-order valence-electron chi connectivity index (χ1n) is 7.23. The van der Waals surface area contributed by atoms with Crippen LogP contribution in [0, 0.1) is 5.41 Å². The van der Waals surface area contributed by atoms with Gasteiger partial charge in [0, 0.05) is 25.2 Å². The van der Waals surface area contributed by atoms with E-state index in [9.17, 15) is 14.4 Å². The topological polar surface area (TPSA) is 123 Å². The second-order valence-corrected chi connectivity index (χ2v) is 5.27. The number of pyridine rings is 1. The molecule has 1 unspecified atom stereocenters. The Morgan fingerprint density at radius 1 is 1.48 bits per heavy atom. The first-order valence-corrected chi connectivity index (χ1v) is 7.23. The van der Waals surface area contributed by atoms with Crippen molar-refractivity contribution in [2.45, 2.75) is 25.8 Å². The molecule has 0 spiro atoms. The molecule has 23 heavy (non-hydrogen) atoms. The molecule has 1 aromatic rings. The quantitative estimate of drug-likeness (QED) is 0.657. The Hall–Kier alpha value is -2.77. The van der Waals surface area contributed by atoms with E-state index >= 15 is 0 Å². The third-order valence-electron chi connectivity index (χ3n) is 3.69. The van der Waals surface area contributed by atoms with E-state index in [-0.39, 0.29) is 24.0 Å². The highest BCUT2D eigenvalue weighted by Gasteiger charge is 2.33. The minimum absolute atomic E-state index is 0.140. The molecule has 0 radical (unpaired) electrons. The summed E-state index contributed by atoms with van der Waals surface area (Å²) in [6.07, 6.45) is 2.59. The molecule has 8 heteroatoms. The molecule has 1 amide bonds. The molecule has 1 atom stereocenters. The van der Waals surface area contributed by atoms with Gasteiger partial charge >= 0.3 is 5.97 Å². The summed E-state index contributed by atoms with van der Waals surface area (Å²) in [5, 5.41) is 19.7. The van der Waals surface area contributed by atoms with Gasteiger partial charge in [0.05, 0.1) is 6.54 Å². The second-order valence-electron chi connectivity index (χ2n) is 5.27. The Balaban J connectivity index is 2.07. The number of amides is 1. The van der Waals surface area contributed by atoms with Gasteiger partial charge in [0.1, 0.15) is 17.6 Å². The lowest BCUT2D eigenvalue weighted by Gasteiger charge is -2.22. The van der Waals surface area contributed by atoms with Crippen LogP contribution in [0.1, 0.15) is 25.3 Å². The van der Waals surface area contributed by atoms with Gasteiger partial charge < -0.3 is 15.3 Å². The third kappa shape index (κ3) is 3.71. The summed E-state index contributed by atoms with van der Waals surface area (Å²) >= 11 is 0. The van der Waals surface area contributed by atoms with Gasteiger partial charge in [-0.1, -0.05) is 0 Å². The van der Waals surface area contributed by atoms with Crippen LogP contribution in [-0.2, 0) is 14.4 Å². The summed E-state index contributed by atoms with van der Waals surface area (Å²) in [4.78, 5) is 40.0. The van der Waals surface area contributed by atoms with Crippen LogP contribution in [0.4, 0.5) is 5.82 Å². The maximum absolute atomic E-state index is 12.2. The van der Waals surface area contributed by atoms with Crippen molar-refractivity contribution in [2.24, 2.45) is 0 Å². The van der Waals surface area contributed by atoms with E-state index in [1.54, 1.807) is 12.1 Å². The smallest absolute Gasteiger partial charge is 0.326 e. The van der Waals surface area contributed by atoms with Crippen LogP contribution in [-0.4, -0.2) is 57.5 Å². The number of carbonyl (C=O) groups is 3. The average molecular weight is 318 g/mol. The second kappa shape index (κ2) is 6.99. The van der Waals surface area contributed by atoms with E-state index in [2.05, 4.69) is 10.3 Å². The van der Waals surface area contributed by atoms with Crippen molar-refractivity contribution in [2.75, 3.05) is 18.4 Å². The number of nitrogens with one attached hydrogen (secondary N) is 2. The van der Waals surface area contributed by atoms with Crippen molar-refractivity contribution in [3.8, 4) is 0 Å². The standard InChI is InChI=1S/C15H18N4O4/c1-9(20)13(16)10-4-2-6-17-14(10)18-8-12(21)19-7-3-5-11(19)15(22)23/h2,4,6,11,16H,3,5,7-8H2,1H3,(H,17,18)(H,22,23). The van der Waals surface area contributed by atoms with Crippen molar-refractivity contribution < 1.29 is 19.5 Å². The van der Waals surface area contributed by atoms with Gasteiger partial charge in [0.25, 0.3) is 0 Å². The fourth-order valence-corrected chi connectivity index (χ4v) is 2.52. The van der Waals surface area contributed by atoms with E-state index in [0.717, 1.165) is 0 Å². The first kappa shape index (κ1) is 16.6. The molecule has 0 saturated carbocycles. The van der Waals surface area contributed by atoms with E-state index in [0.29, 0.717) is 24.9 Å². The molecule has 1 aromatic heterocycles. The predicted molar refractivity (Wildman–Crippen MR) is 82.6 cm³/mol. The molecule has 0 bridgehead atoms. The maximum Gasteiger partial charge on any atom is 0.326 e. The number of aliphatic carboxylic acids is 1. The Kier molecular flexibility index (Phi) is 5.05. The molecule has 1 aliphatic rings. The molecule has 2 heterocycles. The number of carboxylic acid groups (broad SMARTS) is 1. The molecular formula is C15H18N4O4. The van der Waals surface area contributed by atoms with Gasteiger partial charge in [-0.15, -0.1) is 0 Å². The highest BCUT2D eigenvalue weighted by Crippen LogP contribution is 2.18. The largest absolute Gasteiger partial charge is 0.480 e. The van der Waals surface area contributed by atoms with Crippen molar-refractivity contribution in [1.29, 1.82) is 5.41 Å². The third-order valence-corrected chi connectivity index (χ3v) is 3.69. The lowest BCUT2D eigenvalue weighted by molar-refractivity contribution is -0.147. The van der Waals surface area contributed by atoms with Gasteiger partial charge in [0.15, 0.2) is 5.78 Å². The first-order chi connectivity index (χ1) is 10.9. The summed E-state index contributed by atoms with van der Waals surface area (Å²) in [7, 11) is 0. The molecule has 8 nitrogen and oxygen atoms in total. The van der Waals surface area contributed by atoms with Crippen LogP contribution in [0.3, 0.4) is 0 Å². The van der Waals surface area contributed by atoms with E-state index < -0.39 is 17.8 Å². The van der Waals surface area contributed by atoms with Gasteiger partial charge in [0.2, 0.25) is 5.91 Å². The lowest BCUT2D eigenvalue weighted by atomic mass is 10.1. The summed E-state index contributed by atoms with van der Waals surface area (Å²) in [5.41, 5.74) is 0.113. The maximum atomic E-state index is 12.2. The molecule has 122 valence electrons. The molecule has 1 fully saturated rings. The van der Waals surface area contributed by atoms with Gasteiger partial charge in [-0.25, -0.2) is 9.78 Å². The average Bonchev–Trinajstić information content (AvgIpc) is 3.02. The van der Waals surface area contributed by atoms with Crippen LogP contribution >= 0.6 is 0 Å². The molecule has 0 aliphatic carbocycles. The number of hydrogen-bond donors (Lipinski definition) is 3. The minimum atomic E-state index is -1.01. The Morgan fingerprint density at radius 3 is 2.87 bits per heavy atom. The van der Waals surface area contributed by atoms with Crippen LogP contribution < -0.4 is 5.32 Å². The SMILES string of the molecule is CC(=O)C(=N)c1cccnc1NCC(=O)N1CCCC1C(=O)O. The molecule has 1 saturated heterocycles. The normalized spacial score (nSPS) is 16.9. The number of hydrogen-bond acceptors (Lipinski definition) is 6. The van der Waals surface area contributed by atoms with Crippen LogP contribution in [0.15, 0.2) is 18.3 Å². The van der Waals surface area contributed by atoms with Crippen molar-refractivity contribution in [1.82, 2.24) is 9.88 Å². The van der Waals surface area contributed by atoms with Crippen LogP contribution in [0.25, 0.3) is 0 Å². The molecule has 0 aromatic carbocycles. The molecule has 3 N–H and O–H groups in total. The lowest BCUT2D eigenvalue weighted by Crippen LogP contribution is -2.43. The van der Waals surface area contributed by atoms with Gasteiger partial charge in [-0.05, 0) is 25.0 Å². The number of likely N-dealkylation sites (tertiary alicyclic amines) is 1. The zero-order valence-electron chi connectivity index (χ0n) is 12.7. The van der Waals surface area contributed by atoms with Gasteiger partial charge in [-0.3, -0.25) is 15.0 Å².